The summed E-state index contributed by atoms with van der Waals surface area (Å²) in [4.78, 5) is 50.5. The SMILES string of the molecule is O=C(NCC1CCCCC1)N[C@@H](COC(=O)/C=C/C(=O)OC[C@@H](Cc1ccccc1)NC(=O)NCC1CCCCC1)Cc1ccccc1. The number of amides is 4. The molecule has 2 atom stereocenters. The van der Waals surface area contributed by atoms with E-state index in [2.05, 4.69) is 21.3 Å². The molecule has 4 rings (SSSR count). The van der Waals surface area contributed by atoms with Gasteiger partial charge in [0.05, 0.1) is 12.1 Å². The molecule has 260 valence electrons. The third-order valence-corrected chi connectivity index (χ3v) is 9.08. The quantitative estimate of drug-likeness (QED) is 0.137. The Balaban J connectivity index is 1.23. The van der Waals surface area contributed by atoms with E-state index in [0.717, 1.165) is 49.0 Å². The minimum absolute atomic E-state index is 0.0665. The fourth-order valence-electron chi connectivity index (χ4n) is 6.43. The summed E-state index contributed by atoms with van der Waals surface area (Å²) in [5.74, 6) is -0.467. The Labute approximate surface area is 284 Å². The van der Waals surface area contributed by atoms with Crippen molar-refractivity contribution in [3.63, 3.8) is 0 Å². The van der Waals surface area contributed by atoms with Gasteiger partial charge in [-0.1, -0.05) is 99.2 Å². The van der Waals surface area contributed by atoms with Crippen LogP contribution in [-0.4, -0.2) is 62.4 Å². The van der Waals surface area contributed by atoms with Crippen molar-refractivity contribution in [3.8, 4) is 0 Å². The van der Waals surface area contributed by atoms with E-state index in [9.17, 15) is 19.2 Å². The van der Waals surface area contributed by atoms with Crippen molar-refractivity contribution in [2.45, 2.75) is 89.1 Å². The molecule has 10 heteroatoms. The number of rotatable bonds is 16. The van der Waals surface area contributed by atoms with Crippen LogP contribution in [0.2, 0.25) is 0 Å². The lowest BCUT2D eigenvalue weighted by molar-refractivity contribution is -0.141. The number of esters is 2. The van der Waals surface area contributed by atoms with Gasteiger partial charge in [-0.05, 0) is 61.5 Å². The van der Waals surface area contributed by atoms with Crippen LogP contribution in [0.15, 0.2) is 72.8 Å². The molecule has 2 saturated carbocycles. The van der Waals surface area contributed by atoms with Crippen LogP contribution in [0, 0.1) is 11.8 Å². The van der Waals surface area contributed by atoms with Gasteiger partial charge in [0.25, 0.3) is 0 Å². The monoisotopic (exact) mass is 660 g/mol. The van der Waals surface area contributed by atoms with Crippen molar-refractivity contribution in [2.75, 3.05) is 26.3 Å². The number of hydrogen-bond acceptors (Lipinski definition) is 6. The van der Waals surface area contributed by atoms with Crippen molar-refractivity contribution in [1.29, 1.82) is 0 Å². The van der Waals surface area contributed by atoms with E-state index in [1.807, 2.05) is 60.7 Å². The molecule has 0 saturated heterocycles. The summed E-state index contributed by atoms with van der Waals surface area (Å²) >= 11 is 0. The zero-order valence-electron chi connectivity index (χ0n) is 28.0. The van der Waals surface area contributed by atoms with E-state index in [1.54, 1.807) is 0 Å². The van der Waals surface area contributed by atoms with E-state index in [4.69, 9.17) is 9.47 Å². The smallest absolute Gasteiger partial charge is 0.331 e. The molecular weight excluding hydrogens is 608 g/mol. The standard InChI is InChI=1S/C38H52N4O6/c43-35(47-27-33(23-29-13-5-1-6-14-29)41-37(45)39-25-31-17-9-3-10-18-31)21-22-36(44)48-28-34(24-30-15-7-2-8-16-30)42-38(46)40-26-32-19-11-4-12-20-32/h1-2,5-8,13-16,21-22,31-34H,3-4,9-12,17-20,23-28H2,(H2,39,41,45)(H2,40,42,46)/b22-21+/t33-,34-/m1/s1. The Morgan fingerprint density at radius 1 is 0.583 bits per heavy atom. The van der Waals surface area contributed by atoms with E-state index in [-0.39, 0.29) is 25.3 Å². The average molecular weight is 661 g/mol. The van der Waals surface area contributed by atoms with Gasteiger partial charge in [0.15, 0.2) is 0 Å². The number of urea groups is 2. The average Bonchev–Trinajstić information content (AvgIpc) is 3.12. The van der Waals surface area contributed by atoms with Gasteiger partial charge >= 0.3 is 24.0 Å². The predicted octanol–water partition coefficient (Wildman–Crippen LogP) is 5.61. The maximum Gasteiger partial charge on any atom is 0.331 e. The molecule has 2 aliphatic rings. The third kappa shape index (κ3) is 14.6. The number of nitrogens with one attached hydrogen (secondary N) is 4. The fourth-order valence-corrected chi connectivity index (χ4v) is 6.43. The first-order valence-electron chi connectivity index (χ1n) is 17.6. The van der Waals surface area contributed by atoms with Gasteiger partial charge in [-0.3, -0.25) is 0 Å². The molecule has 0 bridgehead atoms. The Bertz CT molecular complexity index is 1190. The van der Waals surface area contributed by atoms with Crippen molar-refractivity contribution < 1.29 is 28.7 Å². The van der Waals surface area contributed by atoms with Gasteiger partial charge in [0.1, 0.15) is 13.2 Å². The van der Waals surface area contributed by atoms with Crippen molar-refractivity contribution >= 4 is 24.0 Å². The number of carbonyl (C=O) groups is 4. The molecule has 0 aromatic heterocycles. The van der Waals surface area contributed by atoms with Crippen molar-refractivity contribution in [2.24, 2.45) is 11.8 Å². The van der Waals surface area contributed by atoms with Gasteiger partial charge in [0, 0.05) is 25.2 Å². The molecule has 2 aliphatic carbocycles. The van der Waals surface area contributed by atoms with Gasteiger partial charge in [-0.2, -0.15) is 0 Å². The number of ether oxygens (including phenoxy) is 2. The Kier molecular flexibility index (Phi) is 15.8. The lowest BCUT2D eigenvalue weighted by atomic mass is 9.89. The van der Waals surface area contributed by atoms with Gasteiger partial charge in [-0.25, -0.2) is 19.2 Å². The first-order valence-corrected chi connectivity index (χ1v) is 17.6. The molecule has 0 radical (unpaired) electrons. The maximum absolute atomic E-state index is 12.7. The van der Waals surface area contributed by atoms with Crippen LogP contribution in [0.1, 0.15) is 75.3 Å². The lowest BCUT2D eigenvalue weighted by Gasteiger charge is -2.23. The van der Waals surface area contributed by atoms with Crippen LogP contribution in [0.4, 0.5) is 9.59 Å². The second-order valence-electron chi connectivity index (χ2n) is 13.1. The Morgan fingerprint density at radius 3 is 1.33 bits per heavy atom. The van der Waals surface area contributed by atoms with Crippen LogP contribution in [0.5, 0.6) is 0 Å². The molecule has 0 aliphatic heterocycles. The zero-order chi connectivity index (χ0) is 33.8. The molecule has 4 amide bonds. The van der Waals surface area contributed by atoms with Crippen LogP contribution < -0.4 is 21.3 Å². The normalized spacial score (nSPS) is 16.8. The van der Waals surface area contributed by atoms with Gasteiger partial charge in [0.2, 0.25) is 0 Å². The highest BCUT2D eigenvalue weighted by atomic mass is 16.5. The minimum Gasteiger partial charge on any atom is -0.460 e. The topological polar surface area (TPSA) is 135 Å². The second-order valence-corrected chi connectivity index (χ2v) is 13.1. The summed E-state index contributed by atoms with van der Waals surface area (Å²) in [6.07, 6.45) is 14.8. The molecule has 2 aromatic rings. The molecule has 0 spiro atoms. The van der Waals surface area contributed by atoms with Crippen molar-refractivity contribution in [1.82, 2.24) is 21.3 Å². The molecule has 0 unspecified atom stereocenters. The second kappa shape index (κ2) is 20.8. The summed E-state index contributed by atoms with van der Waals surface area (Å²) in [6, 6.07) is 17.8. The summed E-state index contributed by atoms with van der Waals surface area (Å²) in [7, 11) is 0. The largest absolute Gasteiger partial charge is 0.460 e. The van der Waals surface area contributed by atoms with E-state index in [0.29, 0.717) is 37.8 Å². The van der Waals surface area contributed by atoms with Crippen LogP contribution in [-0.2, 0) is 31.9 Å². The van der Waals surface area contributed by atoms with E-state index in [1.165, 1.54) is 38.5 Å². The summed E-state index contributed by atoms with van der Waals surface area (Å²) < 4.78 is 10.8. The first kappa shape index (κ1) is 36.5. The molecule has 2 fully saturated rings. The van der Waals surface area contributed by atoms with Gasteiger partial charge in [-0.15, -0.1) is 0 Å². The summed E-state index contributed by atoms with van der Waals surface area (Å²) in [5.41, 5.74) is 1.98. The van der Waals surface area contributed by atoms with E-state index < -0.39 is 24.0 Å². The number of benzene rings is 2. The highest BCUT2D eigenvalue weighted by Gasteiger charge is 2.20. The fraction of sp³-hybridized carbons (Fsp3) is 0.526. The molecule has 4 N–H and O–H groups in total. The van der Waals surface area contributed by atoms with Crippen LogP contribution >= 0.6 is 0 Å². The van der Waals surface area contributed by atoms with E-state index >= 15 is 0 Å². The van der Waals surface area contributed by atoms with Gasteiger partial charge < -0.3 is 30.7 Å². The summed E-state index contributed by atoms with van der Waals surface area (Å²) in [5, 5.41) is 11.8. The van der Waals surface area contributed by atoms with Crippen LogP contribution in [0.3, 0.4) is 0 Å². The van der Waals surface area contributed by atoms with Crippen LogP contribution in [0.25, 0.3) is 0 Å². The number of carbonyl (C=O) groups excluding carboxylic acids is 4. The molecule has 48 heavy (non-hydrogen) atoms. The maximum atomic E-state index is 12.7. The highest BCUT2D eigenvalue weighted by Crippen LogP contribution is 2.23. The zero-order valence-corrected chi connectivity index (χ0v) is 28.0. The molecular formula is C38H52N4O6. The third-order valence-electron chi connectivity index (χ3n) is 9.08. The molecule has 2 aromatic carbocycles. The lowest BCUT2D eigenvalue weighted by Crippen LogP contribution is -2.47. The molecule has 0 heterocycles. The summed E-state index contributed by atoms with van der Waals surface area (Å²) in [6.45, 7) is 1.12. The Hall–Kier alpha value is -4.34. The Morgan fingerprint density at radius 2 is 0.958 bits per heavy atom. The first-order chi connectivity index (χ1) is 23.4. The van der Waals surface area contributed by atoms with Crippen molar-refractivity contribution in [3.05, 3.63) is 83.9 Å². The minimum atomic E-state index is -0.726. The predicted molar refractivity (Wildman–Crippen MR) is 185 cm³/mol. The molecule has 10 nitrogen and oxygen atoms in total. The highest BCUT2D eigenvalue weighted by molar-refractivity contribution is 5.91. The number of hydrogen-bond donors (Lipinski definition) is 4.